The van der Waals surface area contributed by atoms with Crippen molar-refractivity contribution in [3.05, 3.63) is 18.5 Å². The summed E-state index contributed by atoms with van der Waals surface area (Å²) in [5.74, 6) is -2.76. The summed E-state index contributed by atoms with van der Waals surface area (Å²) >= 11 is 0. The summed E-state index contributed by atoms with van der Waals surface area (Å²) in [7, 11) is 1.91. The molecule has 1 unspecified atom stereocenters. The van der Waals surface area contributed by atoms with Crippen LogP contribution in [0.1, 0.15) is 12.5 Å². The first-order chi connectivity index (χ1) is 10.8. The standard InChI is InChI=1S/C10H14N6.C2HF3O2/c1-15-10(3-5-12-15)9-7-16(14-13-9)8-2-4-11-6-8;3-2(4,5)1(6)7/h3,5,7-8,11H,2,4,6H2,1H3;(H,6,7). The number of alkyl halides is 3. The van der Waals surface area contributed by atoms with Crippen molar-refractivity contribution >= 4 is 5.97 Å². The topological polar surface area (TPSA) is 97.9 Å². The summed E-state index contributed by atoms with van der Waals surface area (Å²) in [5.41, 5.74) is 1.88. The molecule has 2 aromatic heterocycles. The molecule has 0 aromatic carbocycles. The van der Waals surface area contributed by atoms with E-state index in [4.69, 9.17) is 9.90 Å². The summed E-state index contributed by atoms with van der Waals surface area (Å²) in [6, 6.07) is 2.39. The van der Waals surface area contributed by atoms with Crippen LogP contribution in [0.4, 0.5) is 13.2 Å². The largest absolute Gasteiger partial charge is 0.490 e. The first-order valence-corrected chi connectivity index (χ1v) is 6.70. The molecule has 0 spiro atoms. The molecule has 1 fully saturated rings. The summed E-state index contributed by atoms with van der Waals surface area (Å²) in [4.78, 5) is 8.90. The first-order valence-electron chi connectivity index (χ1n) is 6.70. The van der Waals surface area contributed by atoms with Crippen molar-refractivity contribution in [1.82, 2.24) is 30.1 Å². The Labute approximate surface area is 128 Å². The third kappa shape index (κ3) is 4.28. The monoisotopic (exact) mass is 332 g/mol. The third-order valence-electron chi connectivity index (χ3n) is 3.24. The molecule has 0 amide bonds. The fraction of sp³-hybridized carbons (Fsp3) is 0.500. The van der Waals surface area contributed by atoms with Gasteiger partial charge in [-0.25, -0.2) is 9.48 Å². The first kappa shape index (κ1) is 16.9. The number of halogens is 3. The molecule has 0 aliphatic carbocycles. The average molecular weight is 332 g/mol. The fourth-order valence-electron chi connectivity index (χ4n) is 2.06. The van der Waals surface area contributed by atoms with Gasteiger partial charge in [-0.2, -0.15) is 18.3 Å². The van der Waals surface area contributed by atoms with Gasteiger partial charge >= 0.3 is 12.1 Å². The highest BCUT2D eigenvalue weighted by Crippen LogP contribution is 2.18. The van der Waals surface area contributed by atoms with Crippen LogP contribution in [0.15, 0.2) is 18.5 Å². The maximum atomic E-state index is 10.6. The second kappa shape index (κ2) is 6.77. The Morgan fingerprint density at radius 2 is 2.17 bits per heavy atom. The van der Waals surface area contributed by atoms with Crippen LogP contribution >= 0.6 is 0 Å². The molecule has 0 saturated carbocycles. The quantitative estimate of drug-likeness (QED) is 0.846. The van der Waals surface area contributed by atoms with Crippen molar-refractivity contribution in [3.63, 3.8) is 0 Å². The molecule has 11 heteroatoms. The number of hydrogen-bond acceptors (Lipinski definition) is 5. The normalized spacial score (nSPS) is 17.7. The van der Waals surface area contributed by atoms with E-state index in [0.29, 0.717) is 6.04 Å². The lowest BCUT2D eigenvalue weighted by Gasteiger charge is -2.06. The lowest BCUT2D eigenvalue weighted by atomic mass is 10.2. The average Bonchev–Trinajstić information content (AvgIpc) is 3.18. The smallest absolute Gasteiger partial charge is 0.475 e. The van der Waals surface area contributed by atoms with Crippen LogP contribution in [0.25, 0.3) is 11.4 Å². The minimum Gasteiger partial charge on any atom is -0.475 e. The van der Waals surface area contributed by atoms with E-state index in [9.17, 15) is 13.2 Å². The SMILES string of the molecule is Cn1nccc1-c1cn(C2CCNC2)nn1.O=C(O)C(F)(F)F. The van der Waals surface area contributed by atoms with E-state index in [0.717, 1.165) is 30.9 Å². The van der Waals surface area contributed by atoms with Gasteiger partial charge in [-0.1, -0.05) is 5.21 Å². The summed E-state index contributed by atoms with van der Waals surface area (Å²) in [6.45, 7) is 2.04. The second-order valence-electron chi connectivity index (χ2n) is 4.87. The fourth-order valence-corrected chi connectivity index (χ4v) is 2.06. The van der Waals surface area contributed by atoms with Gasteiger partial charge < -0.3 is 10.4 Å². The van der Waals surface area contributed by atoms with Crippen LogP contribution in [-0.4, -0.2) is 55.1 Å². The van der Waals surface area contributed by atoms with Gasteiger partial charge in [0.15, 0.2) is 0 Å². The number of aryl methyl sites for hydroxylation is 1. The van der Waals surface area contributed by atoms with E-state index >= 15 is 0 Å². The number of hydrogen-bond donors (Lipinski definition) is 2. The Balaban J connectivity index is 0.000000236. The highest BCUT2D eigenvalue weighted by atomic mass is 19.4. The van der Waals surface area contributed by atoms with E-state index in [-0.39, 0.29) is 0 Å². The van der Waals surface area contributed by atoms with Crippen LogP contribution in [0.2, 0.25) is 0 Å². The van der Waals surface area contributed by atoms with E-state index < -0.39 is 12.1 Å². The molecule has 23 heavy (non-hydrogen) atoms. The number of carbonyl (C=O) groups is 1. The molecule has 0 bridgehead atoms. The number of carboxylic acids is 1. The van der Waals surface area contributed by atoms with Crippen LogP contribution in [0, 0.1) is 0 Å². The van der Waals surface area contributed by atoms with E-state index in [1.807, 2.05) is 24.0 Å². The lowest BCUT2D eigenvalue weighted by molar-refractivity contribution is -0.192. The van der Waals surface area contributed by atoms with Gasteiger partial charge in [0.1, 0.15) is 5.69 Å². The number of rotatable bonds is 2. The highest BCUT2D eigenvalue weighted by Gasteiger charge is 2.38. The Bertz CT molecular complexity index is 660. The van der Waals surface area contributed by atoms with Gasteiger partial charge in [-0.15, -0.1) is 5.10 Å². The Kier molecular flexibility index (Phi) is 4.98. The lowest BCUT2D eigenvalue weighted by Crippen LogP contribution is -2.21. The molecule has 126 valence electrons. The predicted octanol–water partition coefficient (Wildman–Crippen LogP) is 0.846. The van der Waals surface area contributed by atoms with E-state index in [1.54, 1.807) is 10.9 Å². The molecule has 1 aliphatic heterocycles. The van der Waals surface area contributed by atoms with Crippen molar-refractivity contribution in [2.75, 3.05) is 13.1 Å². The summed E-state index contributed by atoms with van der Waals surface area (Å²) in [6.07, 6.45) is -0.200. The summed E-state index contributed by atoms with van der Waals surface area (Å²) < 4.78 is 35.5. The number of aliphatic carboxylic acids is 1. The molecule has 8 nitrogen and oxygen atoms in total. The molecule has 1 saturated heterocycles. The Hall–Kier alpha value is -2.43. The van der Waals surface area contributed by atoms with E-state index in [1.165, 1.54) is 0 Å². The van der Waals surface area contributed by atoms with Gasteiger partial charge in [-0.05, 0) is 19.0 Å². The number of nitrogens with one attached hydrogen (secondary N) is 1. The second-order valence-corrected chi connectivity index (χ2v) is 4.87. The van der Waals surface area contributed by atoms with Gasteiger partial charge in [0.2, 0.25) is 0 Å². The number of aromatic nitrogens is 5. The Morgan fingerprint density at radius 1 is 1.48 bits per heavy atom. The molecule has 3 rings (SSSR count). The molecule has 1 atom stereocenters. The number of nitrogens with zero attached hydrogens (tertiary/aromatic N) is 5. The van der Waals surface area contributed by atoms with Crippen molar-refractivity contribution in [1.29, 1.82) is 0 Å². The Morgan fingerprint density at radius 3 is 2.65 bits per heavy atom. The van der Waals surface area contributed by atoms with Crippen molar-refractivity contribution in [3.8, 4) is 11.4 Å². The van der Waals surface area contributed by atoms with Gasteiger partial charge in [0.05, 0.1) is 17.9 Å². The molecular weight excluding hydrogens is 317 g/mol. The molecule has 3 heterocycles. The van der Waals surface area contributed by atoms with Crippen molar-refractivity contribution < 1.29 is 23.1 Å². The zero-order chi connectivity index (χ0) is 17.0. The summed E-state index contributed by atoms with van der Waals surface area (Å²) in [5, 5.41) is 22.9. The zero-order valence-corrected chi connectivity index (χ0v) is 12.2. The molecule has 2 aromatic rings. The van der Waals surface area contributed by atoms with Gasteiger partial charge in [-0.3, -0.25) is 4.68 Å². The maximum Gasteiger partial charge on any atom is 0.490 e. The predicted molar refractivity (Wildman–Crippen MR) is 72.4 cm³/mol. The number of carboxylic acid groups (broad SMARTS) is 1. The zero-order valence-electron chi connectivity index (χ0n) is 12.2. The van der Waals surface area contributed by atoms with Crippen LogP contribution in [-0.2, 0) is 11.8 Å². The minimum absolute atomic E-state index is 0.439. The molecular formula is C12H15F3N6O2. The molecule has 1 aliphatic rings. The minimum atomic E-state index is -5.08. The van der Waals surface area contributed by atoms with Crippen LogP contribution in [0.5, 0.6) is 0 Å². The maximum absolute atomic E-state index is 10.6. The van der Waals surface area contributed by atoms with Gasteiger partial charge in [0, 0.05) is 19.8 Å². The third-order valence-corrected chi connectivity index (χ3v) is 3.24. The molecule has 2 N–H and O–H groups in total. The van der Waals surface area contributed by atoms with Crippen LogP contribution < -0.4 is 5.32 Å². The van der Waals surface area contributed by atoms with Gasteiger partial charge in [0.25, 0.3) is 0 Å². The van der Waals surface area contributed by atoms with Crippen molar-refractivity contribution in [2.45, 2.75) is 18.6 Å². The van der Waals surface area contributed by atoms with Crippen LogP contribution in [0.3, 0.4) is 0 Å². The van der Waals surface area contributed by atoms with Crippen molar-refractivity contribution in [2.24, 2.45) is 7.05 Å². The molecule has 0 radical (unpaired) electrons. The highest BCUT2D eigenvalue weighted by molar-refractivity contribution is 5.73. The van der Waals surface area contributed by atoms with E-state index in [2.05, 4.69) is 20.7 Å².